The number of amides is 8. The van der Waals surface area contributed by atoms with Crippen molar-refractivity contribution in [3.8, 4) is 22.3 Å². The van der Waals surface area contributed by atoms with E-state index in [1.54, 1.807) is 24.3 Å². The Morgan fingerprint density at radius 2 is 0.762 bits per heavy atom. The van der Waals surface area contributed by atoms with Gasteiger partial charge in [-0.15, -0.1) is 0 Å². The summed E-state index contributed by atoms with van der Waals surface area (Å²) in [6, 6.07) is 22.8. The lowest BCUT2D eigenvalue weighted by atomic mass is 9.76. The van der Waals surface area contributed by atoms with Gasteiger partial charge in [-0.1, -0.05) is 232 Å². The Hall–Kier alpha value is -9.44. The third-order valence-corrected chi connectivity index (χ3v) is 28.9. The number of aliphatic hydroxyl groups is 1. The van der Waals surface area contributed by atoms with Crippen LogP contribution in [0.15, 0.2) is 108 Å². The average molecular weight is 1660 g/mol. The lowest BCUT2D eigenvalue weighted by Gasteiger charge is -2.35. The highest BCUT2D eigenvalue weighted by molar-refractivity contribution is 6.37. The molecule has 122 heavy (non-hydrogen) atoms. The van der Waals surface area contributed by atoms with Gasteiger partial charge in [0.2, 0.25) is 11.5 Å². The van der Waals surface area contributed by atoms with E-state index in [1.165, 1.54) is 19.6 Å². The third-order valence-electron chi connectivity index (χ3n) is 28.9. The van der Waals surface area contributed by atoms with Crippen LogP contribution in [0.1, 0.15) is 373 Å². The molecule has 6 aromatic carbocycles. The van der Waals surface area contributed by atoms with E-state index in [0.29, 0.717) is 114 Å². The topological polar surface area (TPSA) is 193 Å². The van der Waals surface area contributed by atoms with E-state index in [-0.39, 0.29) is 83.7 Å². The molecule has 0 saturated carbocycles. The number of hydrogen-bond acceptors (Lipinski definition) is 11. The van der Waals surface area contributed by atoms with Crippen molar-refractivity contribution in [1.29, 1.82) is 0 Å². The van der Waals surface area contributed by atoms with E-state index < -0.39 is 58.1 Å². The predicted molar refractivity (Wildman–Crippen MR) is 492 cm³/mol. The van der Waals surface area contributed by atoms with Crippen LogP contribution in [0.2, 0.25) is 0 Å². The molecule has 13 rings (SSSR count). The van der Waals surface area contributed by atoms with Gasteiger partial charge < -0.3 is 10.0 Å². The van der Waals surface area contributed by atoms with Crippen molar-refractivity contribution >= 4 is 91.7 Å². The summed E-state index contributed by atoms with van der Waals surface area (Å²) in [4.78, 5) is 146. The molecule has 16 heteroatoms. The Kier molecular flexibility index (Phi) is 27.8. The van der Waals surface area contributed by atoms with Crippen molar-refractivity contribution < 1.29 is 52.8 Å². The van der Waals surface area contributed by atoms with Crippen molar-refractivity contribution in [2.45, 2.75) is 290 Å². The molecule has 6 unspecified atom stereocenters. The van der Waals surface area contributed by atoms with Crippen molar-refractivity contribution in [3.05, 3.63) is 163 Å². The number of aliphatic hydroxyl groups excluding tert-OH is 1. The third kappa shape index (κ3) is 16.9. The van der Waals surface area contributed by atoms with Crippen LogP contribution in [-0.2, 0) is 15.6 Å². The molecule has 0 aromatic heterocycles. The molecule has 8 amide bonds. The maximum atomic E-state index is 15.8. The number of nitrogens with zero attached hydrogens (tertiary/aromatic N) is 6. The minimum atomic E-state index is -0.830. The highest BCUT2D eigenvalue weighted by Crippen LogP contribution is 2.54. The number of benzene rings is 6. The van der Waals surface area contributed by atoms with E-state index in [2.05, 4.69) is 158 Å². The van der Waals surface area contributed by atoms with Gasteiger partial charge in [0.25, 0.3) is 47.3 Å². The number of rotatable bonds is 42. The van der Waals surface area contributed by atoms with Crippen LogP contribution in [0, 0.1) is 47.3 Å². The highest BCUT2D eigenvalue weighted by Gasteiger charge is 2.51. The summed E-state index contributed by atoms with van der Waals surface area (Å²) in [5.74, 6) is -1.75. The molecule has 6 heterocycles. The minimum absolute atomic E-state index is 0.0618. The van der Waals surface area contributed by atoms with Crippen LogP contribution >= 0.6 is 0 Å². The number of ketones is 1. The molecule has 650 valence electrons. The SMILES string of the molecule is CCCCC(CC)CN1C(=O)c2ccc3c4c(c(-c5ccc6c(c5)C(C)(C)C(/C=C5/C(=O)C(/C=C7/N(CCC(C)CCCC(C)C)c8ccc(-c9cc%10c%11c(ccc%12c%11c9C(=O)N(CC(CC)CCCC)C%12=O)C(=O)N(CC(CC)CCCC)C%10=O)cc8C7(C)C)=C5O)=[N+]6CCC(C)CCCC(C)C)cc(c24)C1=O)C(=O)N(CC(CC)CCCC)C3=O. The monoisotopic (exact) mass is 1650 g/mol. The Balaban J connectivity index is 0.929. The fourth-order valence-corrected chi connectivity index (χ4v) is 20.8. The van der Waals surface area contributed by atoms with Gasteiger partial charge in [-0.05, 0) is 188 Å². The Bertz CT molecular complexity index is 5290. The van der Waals surface area contributed by atoms with Gasteiger partial charge in [-0.3, -0.25) is 62.8 Å². The molecule has 0 radical (unpaired) electrons. The van der Waals surface area contributed by atoms with E-state index >= 15 is 33.6 Å². The molecule has 6 aromatic rings. The van der Waals surface area contributed by atoms with Crippen LogP contribution in [0.3, 0.4) is 0 Å². The molecule has 6 aliphatic heterocycles. The molecule has 0 saturated heterocycles. The van der Waals surface area contributed by atoms with Gasteiger partial charge in [0.05, 0.1) is 27.7 Å². The standard InChI is InChI=1S/C106H136N6O10/c1-19-27-37-67(23-5)59-109-97(115)73-43-45-75-91-89(73)79(101(109)119)55-77(93(91)103(121)111(99(75)117)61-69(25-7)39-29-21-3)71-41-47-85-83(53-71)105(15,16)87(107(85)51-49-65(13)35-31-33-63(9)10)57-81-95(113)82(96(81)114)58-88-106(17,18)84-54-72(42-48-86(84)108(88)52-50-66(14)36-32-34-64(11)12)78-56-80-90-74(98(116)110(102(80)120)60-68(24-6)38-28-20-2)44-46-76-92(90)94(78)104(122)112(100(76)118)62-70(26-8)40-30-22-4/h41-48,53-58,63-70H,19-40,49-52,59-62H2,1-18H3/p+1. The quantitative estimate of drug-likeness (QED) is 0.0218. The molecule has 0 bridgehead atoms. The van der Waals surface area contributed by atoms with Crippen LogP contribution in [0.5, 0.6) is 0 Å². The molecule has 1 aliphatic carbocycles. The van der Waals surface area contributed by atoms with Crippen molar-refractivity contribution in [1.82, 2.24) is 19.6 Å². The van der Waals surface area contributed by atoms with E-state index in [1.807, 2.05) is 36.4 Å². The first-order chi connectivity index (χ1) is 58.3. The number of fused-ring (bicyclic) bond motifs is 2. The van der Waals surface area contributed by atoms with Crippen molar-refractivity contribution in [2.24, 2.45) is 47.3 Å². The molecule has 0 fully saturated rings. The van der Waals surface area contributed by atoms with Gasteiger partial charge >= 0.3 is 0 Å². The summed E-state index contributed by atoms with van der Waals surface area (Å²) in [5, 5.41) is 14.3. The predicted octanol–water partition coefficient (Wildman–Crippen LogP) is 24.7. The first-order valence-corrected chi connectivity index (χ1v) is 47.2. The second-order valence-corrected chi connectivity index (χ2v) is 39.1. The summed E-state index contributed by atoms with van der Waals surface area (Å²) in [6.45, 7) is 41.3. The lowest BCUT2D eigenvalue weighted by Crippen LogP contribution is -2.45. The fourth-order valence-electron chi connectivity index (χ4n) is 20.8. The maximum absolute atomic E-state index is 15.8. The smallest absolute Gasteiger partial charge is 0.262 e. The second kappa shape index (κ2) is 37.6. The normalized spacial score (nSPS) is 18.7. The molecule has 16 nitrogen and oxygen atoms in total. The molecular weight excluding hydrogens is 1520 g/mol. The second-order valence-electron chi connectivity index (χ2n) is 39.1. The van der Waals surface area contributed by atoms with Gasteiger partial charge in [0.1, 0.15) is 12.3 Å². The Labute approximate surface area is 726 Å². The number of hydrogen-bond donors (Lipinski definition) is 1. The number of carbonyl (C=O) groups excluding carboxylic acids is 9. The molecule has 6 atom stereocenters. The zero-order chi connectivity index (χ0) is 87.8. The molecule has 1 N–H and O–H groups in total. The largest absolute Gasteiger partial charge is 0.506 e. The summed E-state index contributed by atoms with van der Waals surface area (Å²) >= 11 is 0. The molecule has 7 aliphatic rings. The number of Topliss-reactive ketones (excluding diaryl/α,β-unsaturated/α-hetero) is 1. The summed E-state index contributed by atoms with van der Waals surface area (Å²) in [5.41, 5.74) is 8.69. The number of allylic oxidation sites excluding steroid dienone is 5. The minimum Gasteiger partial charge on any atom is -0.506 e. The number of unbranched alkanes of at least 4 members (excludes halogenated alkanes) is 4. The van der Waals surface area contributed by atoms with Crippen LogP contribution in [0.25, 0.3) is 43.8 Å². The first-order valence-electron chi connectivity index (χ1n) is 47.2. The van der Waals surface area contributed by atoms with Crippen LogP contribution < -0.4 is 4.90 Å². The zero-order valence-electron chi connectivity index (χ0n) is 76.7. The van der Waals surface area contributed by atoms with Crippen LogP contribution in [0.4, 0.5) is 11.4 Å². The zero-order valence-corrected chi connectivity index (χ0v) is 76.7. The van der Waals surface area contributed by atoms with Crippen LogP contribution in [-0.4, -0.2) is 127 Å². The van der Waals surface area contributed by atoms with Gasteiger partial charge in [0, 0.05) is 129 Å². The Morgan fingerprint density at radius 1 is 0.377 bits per heavy atom. The molecular formula is C106H137N6O10+. The van der Waals surface area contributed by atoms with Gasteiger partial charge in [0.15, 0.2) is 5.71 Å². The first kappa shape index (κ1) is 90.3. The van der Waals surface area contributed by atoms with E-state index in [4.69, 9.17) is 0 Å². The van der Waals surface area contributed by atoms with E-state index in [0.717, 1.165) is 188 Å². The summed E-state index contributed by atoms with van der Waals surface area (Å²) < 4.78 is 2.31. The summed E-state index contributed by atoms with van der Waals surface area (Å²) in [7, 11) is 0. The Morgan fingerprint density at radius 3 is 1.16 bits per heavy atom. The van der Waals surface area contributed by atoms with Gasteiger partial charge in [-0.2, -0.15) is 4.58 Å². The maximum Gasteiger partial charge on any atom is 0.262 e. The number of anilines is 1. The average Bonchev–Trinajstić information content (AvgIpc) is 0.815. The number of imide groups is 4. The van der Waals surface area contributed by atoms with Crippen molar-refractivity contribution in [3.63, 3.8) is 0 Å². The summed E-state index contributed by atoms with van der Waals surface area (Å²) in [6.07, 6.45) is 26.3. The molecule has 0 spiro atoms. The number of carbonyl (C=O) groups is 9. The van der Waals surface area contributed by atoms with Crippen molar-refractivity contribution in [2.75, 3.05) is 44.2 Å². The van der Waals surface area contributed by atoms with Gasteiger partial charge in [-0.25, -0.2) is 0 Å². The fraction of sp³-hybridized carbons (Fsp3) is 0.547. The van der Waals surface area contributed by atoms with E-state index in [9.17, 15) is 14.7 Å². The highest BCUT2D eigenvalue weighted by atomic mass is 16.3. The lowest BCUT2D eigenvalue weighted by molar-refractivity contribution is -0.439.